The van der Waals surface area contributed by atoms with E-state index in [1.54, 1.807) is 16.5 Å². The topological polar surface area (TPSA) is 69.4 Å². The van der Waals surface area contributed by atoms with E-state index in [1.807, 2.05) is 6.92 Å². The normalized spacial score (nSPS) is 15.3. The maximum Gasteiger partial charge on any atom is 0.345 e. The minimum atomic E-state index is -0.342. The van der Waals surface area contributed by atoms with Gasteiger partial charge in [0, 0.05) is 32.6 Å². The lowest BCUT2D eigenvalue weighted by Crippen LogP contribution is -2.41. The van der Waals surface area contributed by atoms with Crippen LogP contribution in [0.4, 0.5) is 4.39 Å². The van der Waals surface area contributed by atoms with Gasteiger partial charge in [0.25, 0.3) is 5.91 Å². The molecule has 0 spiro atoms. The molecule has 0 bridgehead atoms. The van der Waals surface area contributed by atoms with Gasteiger partial charge in [0.05, 0.1) is 0 Å². The van der Waals surface area contributed by atoms with Crippen LogP contribution in [-0.4, -0.2) is 44.9 Å². The molecule has 1 aliphatic heterocycles. The van der Waals surface area contributed by atoms with Gasteiger partial charge in [0.1, 0.15) is 17.4 Å². The number of aryl methyl sites for hydroxylation is 1. The predicted molar refractivity (Wildman–Crippen MR) is 93.6 cm³/mol. The number of amides is 1. The summed E-state index contributed by atoms with van der Waals surface area (Å²) in [5.41, 5.74) is -0.103. The van der Waals surface area contributed by atoms with E-state index in [9.17, 15) is 14.0 Å². The van der Waals surface area contributed by atoms with E-state index in [4.69, 9.17) is 4.74 Å². The van der Waals surface area contributed by atoms with Crippen molar-refractivity contribution in [2.45, 2.75) is 32.2 Å². The van der Waals surface area contributed by atoms with E-state index >= 15 is 0 Å². The van der Waals surface area contributed by atoms with Crippen LogP contribution in [0.1, 0.15) is 31.5 Å². The Bertz CT molecular complexity index is 820. The number of nitrogens with zero attached hydrogens (tertiary/aromatic N) is 4. The summed E-state index contributed by atoms with van der Waals surface area (Å²) in [7, 11) is 1.66. The minimum Gasteiger partial charge on any atom is -0.484 e. The van der Waals surface area contributed by atoms with Crippen LogP contribution < -0.4 is 10.4 Å². The van der Waals surface area contributed by atoms with E-state index in [-0.39, 0.29) is 29.9 Å². The van der Waals surface area contributed by atoms with E-state index in [2.05, 4.69) is 5.10 Å². The van der Waals surface area contributed by atoms with Gasteiger partial charge in [0.15, 0.2) is 6.61 Å². The molecule has 0 aliphatic carbocycles. The highest BCUT2D eigenvalue weighted by atomic mass is 19.1. The third-order valence-corrected chi connectivity index (χ3v) is 4.74. The van der Waals surface area contributed by atoms with E-state index in [0.717, 1.165) is 18.7 Å². The summed E-state index contributed by atoms with van der Waals surface area (Å²) in [6.07, 6.45) is 1.53. The Morgan fingerprint density at radius 3 is 2.54 bits per heavy atom. The molecule has 2 aromatic rings. The van der Waals surface area contributed by atoms with Crippen molar-refractivity contribution in [2.24, 2.45) is 7.05 Å². The maximum atomic E-state index is 12.9. The SMILES string of the molecule is CCn1c(C2CCN(C(=O)COc3ccc(F)cc3)CC2)nn(C)c1=O. The molecule has 0 N–H and O–H groups in total. The van der Waals surface area contributed by atoms with Gasteiger partial charge < -0.3 is 9.64 Å². The Morgan fingerprint density at radius 2 is 1.92 bits per heavy atom. The van der Waals surface area contributed by atoms with E-state index in [0.29, 0.717) is 25.4 Å². The molecule has 7 nitrogen and oxygen atoms in total. The first-order chi connectivity index (χ1) is 12.5. The highest BCUT2D eigenvalue weighted by molar-refractivity contribution is 5.77. The summed E-state index contributed by atoms with van der Waals surface area (Å²) in [6, 6.07) is 5.59. The number of ether oxygens (including phenoxy) is 1. The molecule has 2 heterocycles. The Morgan fingerprint density at radius 1 is 1.27 bits per heavy atom. The molecule has 0 atom stereocenters. The molecule has 1 amide bonds. The van der Waals surface area contributed by atoms with Gasteiger partial charge in [-0.2, -0.15) is 5.10 Å². The van der Waals surface area contributed by atoms with Crippen molar-refractivity contribution in [1.82, 2.24) is 19.2 Å². The number of carbonyl (C=O) groups excluding carboxylic acids is 1. The van der Waals surface area contributed by atoms with Crippen molar-refractivity contribution in [3.63, 3.8) is 0 Å². The molecule has 0 unspecified atom stereocenters. The van der Waals surface area contributed by atoms with Crippen LogP contribution in [0.5, 0.6) is 5.75 Å². The Hall–Kier alpha value is -2.64. The largest absolute Gasteiger partial charge is 0.484 e. The number of benzene rings is 1. The summed E-state index contributed by atoms with van der Waals surface area (Å²) in [5, 5.41) is 4.37. The van der Waals surface area contributed by atoms with Gasteiger partial charge in [-0.3, -0.25) is 9.36 Å². The second kappa shape index (κ2) is 7.72. The highest BCUT2D eigenvalue weighted by Crippen LogP contribution is 2.26. The average Bonchev–Trinajstić information content (AvgIpc) is 2.95. The second-order valence-electron chi connectivity index (χ2n) is 6.41. The van der Waals surface area contributed by atoms with Crippen molar-refractivity contribution in [3.05, 3.63) is 46.4 Å². The van der Waals surface area contributed by atoms with Crippen LogP contribution >= 0.6 is 0 Å². The molecule has 26 heavy (non-hydrogen) atoms. The molecule has 1 fully saturated rings. The molecule has 1 aromatic heterocycles. The first-order valence-corrected chi connectivity index (χ1v) is 8.79. The first kappa shape index (κ1) is 18.2. The number of hydrogen-bond donors (Lipinski definition) is 0. The molecule has 0 radical (unpaired) electrons. The molecule has 3 rings (SSSR count). The fourth-order valence-corrected chi connectivity index (χ4v) is 3.28. The van der Waals surface area contributed by atoms with Crippen LogP contribution in [0.2, 0.25) is 0 Å². The summed E-state index contributed by atoms with van der Waals surface area (Å²) in [6.45, 7) is 3.65. The van der Waals surface area contributed by atoms with Gasteiger partial charge in [-0.15, -0.1) is 0 Å². The zero-order chi connectivity index (χ0) is 18.7. The van der Waals surface area contributed by atoms with E-state index < -0.39 is 0 Å². The predicted octanol–water partition coefficient (Wildman–Crippen LogP) is 1.53. The number of aromatic nitrogens is 3. The molecular formula is C18H23FN4O3. The van der Waals surface area contributed by atoms with Crippen LogP contribution in [0.15, 0.2) is 29.1 Å². The van der Waals surface area contributed by atoms with Gasteiger partial charge in [-0.05, 0) is 44.0 Å². The average molecular weight is 362 g/mol. The van der Waals surface area contributed by atoms with Gasteiger partial charge >= 0.3 is 5.69 Å². The van der Waals surface area contributed by atoms with Gasteiger partial charge in [0.2, 0.25) is 0 Å². The number of rotatable bonds is 5. The second-order valence-corrected chi connectivity index (χ2v) is 6.41. The van der Waals surface area contributed by atoms with Crippen molar-refractivity contribution < 1.29 is 13.9 Å². The monoisotopic (exact) mass is 362 g/mol. The summed E-state index contributed by atoms with van der Waals surface area (Å²) in [5.74, 6) is 1.00. The van der Waals surface area contributed by atoms with Gasteiger partial charge in [-0.1, -0.05) is 0 Å². The number of halogens is 1. The van der Waals surface area contributed by atoms with Crippen LogP contribution in [0.25, 0.3) is 0 Å². The van der Waals surface area contributed by atoms with Crippen LogP contribution in [0.3, 0.4) is 0 Å². The first-order valence-electron chi connectivity index (χ1n) is 8.79. The molecule has 140 valence electrons. The van der Waals surface area contributed by atoms with Gasteiger partial charge in [-0.25, -0.2) is 13.9 Å². The fraction of sp³-hybridized carbons (Fsp3) is 0.500. The smallest absolute Gasteiger partial charge is 0.345 e. The summed E-state index contributed by atoms with van der Waals surface area (Å²) < 4.78 is 21.4. The molecule has 8 heteroatoms. The third-order valence-electron chi connectivity index (χ3n) is 4.74. The number of likely N-dealkylation sites (tertiary alicyclic amines) is 1. The number of hydrogen-bond acceptors (Lipinski definition) is 4. The highest BCUT2D eigenvalue weighted by Gasteiger charge is 2.28. The van der Waals surface area contributed by atoms with Crippen LogP contribution in [0, 0.1) is 5.82 Å². The van der Waals surface area contributed by atoms with Crippen molar-refractivity contribution >= 4 is 5.91 Å². The zero-order valence-electron chi connectivity index (χ0n) is 15.0. The third kappa shape index (κ3) is 3.79. The summed E-state index contributed by atoms with van der Waals surface area (Å²) in [4.78, 5) is 26.1. The molecule has 1 aromatic carbocycles. The Balaban J connectivity index is 1.55. The fourth-order valence-electron chi connectivity index (χ4n) is 3.28. The Kier molecular flexibility index (Phi) is 5.39. The minimum absolute atomic E-state index is 0.0699. The molecule has 1 saturated heterocycles. The molecule has 1 aliphatic rings. The molecule has 0 saturated carbocycles. The van der Waals surface area contributed by atoms with Crippen molar-refractivity contribution in [2.75, 3.05) is 19.7 Å². The molecular weight excluding hydrogens is 339 g/mol. The van der Waals surface area contributed by atoms with E-state index in [1.165, 1.54) is 28.9 Å². The summed E-state index contributed by atoms with van der Waals surface area (Å²) >= 11 is 0. The number of piperidine rings is 1. The number of carbonyl (C=O) groups is 1. The quantitative estimate of drug-likeness (QED) is 0.809. The van der Waals surface area contributed by atoms with Crippen molar-refractivity contribution in [1.29, 1.82) is 0 Å². The standard InChI is InChI=1S/C18H23FN4O3/c1-3-23-17(20-21(2)18(23)25)13-8-10-22(11-9-13)16(24)12-26-15-6-4-14(19)5-7-15/h4-7,13H,3,8-12H2,1-2H3. The lowest BCUT2D eigenvalue weighted by molar-refractivity contribution is -0.134. The van der Waals surface area contributed by atoms with Crippen molar-refractivity contribution in [3.8, 4) is 5.75 Å². The lowest BCUT2D eigenvalue weighted by Gasteiger charge is -2.31. The maximum absolute atomic E-state index is 12.9. The lowest BCUT2D eigenvalue weighted by atomic mass is 9.96. The zero-order valence-corrected chi connectivity index (χ0v) is 15.0. The van der Waals surface area contributed by atoms with Crippen LogP contribution in [-0.2, 0) is 18.4 Å². The Labute approximate surface area is 151 Å².